The van der Waals surface area contributed by atoms with Crippen LogP contribution in [0.1, 0.15) is 32.3 Å². The fourth-order valence-electron chi connectivity index (χ4n) is 2.45. The van der Waals surface area contributed by atoms with E-state index in [-0.39, 0.29) is 5.92 Å². The van der Waals surface area contributed by atoms with E-state index in [2.05, 4.69) is 0 Å². The van der Waals surface area contributed by atoms with Crippen LogP contribution in [0.3, 0.4) is 0 Å². The van der Waals surface area contributed by atoms with E-state index < -0.39 is 17.5 Å². The molecule has 0 aliphatic rings. The summed E-state index contributed by atoms with van der Waals surface area (Å²) in [6.45, 7) is 5.36. The minimum atomic E-state index is -1.60. The number of hydrogen-bond donors (Lipinski definition) is 1. The van der Waals surface area contributed by atoms with Crippen LogP contribution in [0.5, 0.6) is 11.5 Å². The minimum absolute atomic E-state index is 0.298. The summed E-state index contributed by atoms with van der Waals surface area (Å²) in [4.78, 5) is 12.0. The molecule has 5 heteroatoms. The Labute approximate surface area is 125 Å². The number of rotatable bonds is 6. The SMILES string of the molecule is COC(=O)C(O)(C(C)C)C(C)c1ccc(OC)c(OC)c1. The zero-order valence-corrected chi connectivity index (χ0v) is 13.5. The molecule has 5 nitrogen and oxygen atoms in total. The largest absolute Gasteiger partial charge is 0.493 e. The first kappa shape index (κ1) is 17.3. The van der Waals surface area contributed by atoms with Gasteiger partial charge in [-0.25, -0.2) is 4.79 Å². The van der Waals surface area contributed by atoms with Crippen LogP contribution < -0.4 is 9.47 Å². The Morgan fingerprint density at radius 3 is 2.10 bits per heavy atom. The Morgan fingerprint density at radius 1 is 1.10 bits per heavy atom. The molecule has 0 saturated carbocycles. The van der Waals surface area contributed by atoms with E-state index in [0.717, 1.165) is 5.56 Å². The molecule has 0 spiro atoms. The predicted octanol–water partition coefficient (Wildman–Crippen LogP) is 2.37. The average Bonchev–Trinajstić information content (AvgIpc) is 2.51. The number of hydrogen-bond acceptors (Lipinski definition) is 5. The molecule has 0 amide bonds. The van der Waals surface area contributed by atoms with E-state index in [1.807, 2.05) is 6.07 Å². The third kappa shape index (κ3) is 3.13. The van der Waals surface area contributed by atoms with Crippen LogP contribution in [-0.2, 0) is 9.53 Å². The molecule has 0 aliphatic heterocycles. The number of methoxy groups -OCH3 is 3. The van der Waals surface area contributed by atoms with Crippen LogP contribution in [-0.4, -0.2) is 38.0 Å². The maximum Gasteiger partial charge on any atom is 0.338 e. The molecule has 2 atom stereocenters. The van der Waals surface area contributed by atoms with E-state index in [0.29, 0.717) is 11.5 Å². The Balaban J connectivity index is 3.27. The van der Waals surface area contributed by atoms with Crippen molar-refractivity contribution in [2.45, 2.75) is 32.3 Å². The van der Waals surface area contributed by atoms with Gasteiger partial charge in [0.25, 0.3) is 0 Å². The van der Waals surface area contributed by atoms with Crippen LogP contribution in [0, 0.1) is 5.92 Å². The molecule has 0 aromatic heterocycles. The van der Waals surface area contributed by atoms with Gasteiger partial charge in [0, 0.05) is 5.92 Å². The highest BCUT2D eigenvalue weighted by atomic mass is 16.5. The van der Waals surface area contributed by atoms with Gasteiger partial charge in [-0.05, 0) is 23.6 Å². The molecule has 0 bridgehead atoms. The molecule has 1 rings (SSSR count). The van der Waals surface area contributed by atoms with Crippen molar-refractivity contribution in [1.82, 2.24) is 0 Å². The Morgan fingerprint density at radius 2 is 1.67 bits per heavy atom. The summed E-state index contributed by atoms with van der Waals surface area (Å²) in [7, 11) is 4.37. The highest BCUT2D eigenvalue weighted by Crippen LogP contribution is 2.38. The first-order valence-corrected chi connectivity index (χ1v) is 6.85. The Hall–Kier alpha value is -1.75. The van der Waals surface area contributed by atoms with Crippen molar-refractivity contribution in [3.8, 4) is 11.5 Å². The quantitative estimate of drug-likeness (QED) is 0.816. The number of aliphatic hydroxyl groups is 1. The molecule has 1 aromatic carbocycles. The monoisotopic (exact) mass is 296 g/mol. The molecular weight excluding hydrogens is 272 g/mol. The molecule has 0 heterocycles. The van der Waals surface area contributed by atoms with Gasteiger partial charge in [-0.15, -0.1) is 0 Å². The first-order valence-electron chi connectivity index (χ1n) is 6.85. The topological polar surface area (TPSA) is 65.0 Å². The van der Waals surface area contributed by atoms with Gasteiger partial charge in [0.1, 0.15) is 0 Å². The van der Waals surface area contributed by atoms with Gasteiger partial charge in [-0.1, -0.05) is 26.8 Å². The summed E-state index contributed by atoms with van der Waals surface area (Å²) in [6.07, 6.45) is 0. The molecule has 21 heavy (non-hydrogen) atoms. The van der Waals surface area contributed by atoms with Crippen LogP contribution >= 0.6 is 0 Å². The van der Waals surface area contributed by atoms with Gasteiger partial charge in [-0.3, -0.25) is 0 Å². The average molecular weight is 296 g/mol. The van der Waals surface area contributed by atoms with E-state index in [1.54, 1.807) is 47.1 Å². The lowest BCUT2D eigenvalue weighted by Crippen LogP contribution is -2.49. The second-order valence-corrected chi connectivity index (χ2v) is 5.31. The lowest BCUT2D eigenvalue weighted by Gasteiger charge is -2.35. The number of carbonyl (C=O) groups excluding carboxylic acids is 1. The highest BCUT2D eigenvalue weighted by Gasteiger charge is 2.46. The van der Waals surface area contributed by atoms with Gasteiger partial charge in [0.2, 0.25) is 0 Å². The zero-order chi connectivity index (χ0) is 16.2. The third-order valence-electron chi connectivity index (χ3n) is 3.96. The molecule has 0 saturated heterocycles. The summed E-state index contributed by atoms with van der Waals surface area (Å²) < 4.78 is 15.2. The van der Waals surface area contributed by atoms with E-state index in [4.69, 9.17) is 14.2 Å². The van der Waals surface area contributed by atoms with Crippen molar-refractivity contribution in [1.29, 1.82) is 0 Å². The lowest BCUT2D eigenvalue weighted by atomic mass is 9.76. The summed E-state index contributed by atoms with van der Waals surface area (Å²) in [5, 5.41) is 10.8. The summed E-state index contributed by atoms with van der Waals surface area (Å²) in [6, 6.07) is 5.32. The standard InChI is InChI=1S/C16H24O5/c1-10(2)16(18,15(17)21-6)11(3)12-7-8-13(19-4)14(9-12)20-5/h7-11,18H,1-6H3. The van der Waals surface area contributed by atoms with E-state index >= 15 is 0 Å². The summed E-state index contributed by atoms with van der Waals surface area (Å²) in [5.41, 5.74) is -0.830. The van der Waals surface area contributed by atoms with Crippen LogP contribution in [0.25, 0.3) is 0 Å². The first-order chi connectivity index (χ1) is 9.82. The van der Waals surface area contributed by atoms with Gasteiger partial charge in [0.15, 0.2) is 17.1 Å². The molecule has 0 aliphatic carbocycles. The van der Waals surface area contributed by atoms with Gasteiger partial charge in [-0.2, -0.15) is 0 Å². The molecule has 1 aromatic rings. The van der Waals surface area contributed by atoms with Gasteiger partial charge in [0.05, 0.1) is 21.3 Å². The Bertz CT molecular complexity index is 497. The highest BCUT2D eigenvalue weighted by molar-refractivity contribution is 5.81. The lowest BCUT2D eigenvalue weighted by molar-refractivity contribution is -0.170. The smallest absolute Gasteiger partial charge is 0.338 e. The van der Waals surface area contributed by atoms with Crippen LogP contribution in [0.4, 0.5) is 0 Å². The molecular formula is C16H24O5. The number of benzene rings is 1. The van der Waals surface area contributed by atoms with Crippen molar-refractivity contribution in [2.75, 3.05) is 21.3 Å². The van der Waals surface area contributed by atoms with Crippen molar-refractivity contribution < 1.29 is 24.1 Å². The maximum absolute atomic E-state index is 12.0. The second-order valence-electron chi connectivity index (χ2n) is 5.31. The van der Waals surface area contributed by atoms with Crippen molar-refractivity contribution in [3.63, 3.8) is 0 Å². The van der Waals surface area contributed by atoms with Gasteiger partial charge >= 0.3 is 5.97 Å². The Kier molecular flexibility index (Phi) is 5.61. The fraction of sp³-hybridized carbons (Fsp3) is 0.562. The van der Waals surface area contributed by atoms with Crippen molar-refractivity contribution in [3.05, 3.63) is 23.8 Å². The number of carbonyl (C=O) groups is 1. The minimum Gasteiger partial charge on any atom is -0.493 e. The van der Waals surface area contributed by atoms with Crippen molar-refractivity contribution >= 4 is 5.97 Å². The second kappa shape index (κ2) is 6.80. The summed E-state index contributed by atoms with van der Waals surface area (Å²) >= 11 is 0. The van der Waals surface area contributed by atoms with Crippen LogP contribution in [0.15, 0.2) is 18.2 Å². The van der Waals surface area contributed by atoms with Crippen molar-refractivity contribution in [2.24, 2.45) is 5.92 Å². The molecule has 0 fully saturated rings. The molecule has 118 valence electrons. The van der Waals surface area contributed by atoms with Gasteiger partial charge < -0.3 is 19.3 Å². The zero-order valence-electron chi connectivity index (χ0n) is 13.5. The third-order valence-corrected chi connectivity index (χ3v) is 3.96. The van der Waals surface area contributed by atoms with Crippen LogP contribution in [0.2, 0.25) is 0 Å². The number of ether oxygens (including phenoxy) is 3. The fourth-order valence-corrected chi connectivity index (χ4v) is 2.45. The molecule has 1 N–H and O–H groups in total. The molecule has 2 unspecified atom stereocenters. The predicted molar refractivity (Wildman–Crippen MR) is 79.8 cm³/mol. The maximum atomic E-state index is 12.0. The van der Waals surface area contributed by atoms with E-state index in [9.17, 15) is 9.90 Å². The number of esters is 1. The molecule has 0 radical (unpaired) electrons. The normalized spacial score (nSPS) is 15.2. The summed E-state index contributed by atoms with van der Waals surface area (Å²) in [5.74, 6) is -0.241. The van der Waals surface area contributed by atoms with E-state index in [1.165, 1.54) is 7.11 Å².